The molecule has 110 valence electrons. The van der Waals surface area contributed by atoms with Crippen molar-refractivity contribution >= 4 is 23.4 Å². The van der Waals surface area contributed by atoms with Crippen LogP contribution in [0.3, 0.4) is 0 Å². The Labute approximate surface area is 130 Å². The van der Waals surface area contributed by atoms with E-state index in [2.05, 4.69) is 6.07 Å². The summed E-state index contributed by atoms with van der Waals surface area (Å²) < 4.78 is 5.98. The summed E-state index contributed by atoms with van der Waals surface area (Å²) in [5.74, 6) is 1.53. The molecule has 1 heterocycles. The van der Waals surface area contributed by atoms with Crippen LogP contribution < -0.4 is 5.73 Å². The maximum Gasteiger partial charge on any atom is 0.0685 e. The van der Waals surface area contributed by atoms with Gasteiger partial charge in [-0.3, -0.25) is 0 Å². The number of ether oxygens (including phenoxy) is 1. The smallest absolute Gasteiger partial charge is 0.0685 e. The molecule has 4 heteroatoms. The zero-order chi connectivity index (χ0) is 14.0. The topological polar surface area (TPSA) is 35.2 Å². The fourth-order valence-corrected chi connectivity index (χ4v) is 4.56. The van der Waals surface area contributed by atoms with E-state index < -0.39 is 0 Å². The molecule has 1 aliphatic carbocycles. The van der Waals surface area contributed by atoms with Gasteiger partial charge in [-0.25, -0.2) is 0 Å². The summed E-state index contributed by atoms with van der Waals surface area (Å²) in [6.45, 7) is 0.884. The van der Waals surface area contributed by atoms with Crippen molar-refractivity contribution in [2.24, 2.45) is 11.7 Å². The molecule has 0 amide bonds. The normalized spacial score (nSPS) is 26.2. The fourth-order valence-electron chi connectivity index (χ4n) is 3.23. The van der Waals surface area contributed by atoms with E-state index in [1.807, 2.05) is 18.2 Å². The van der Waals surface area contributed by atoms with Crippen LogP contribution in [0.1, 0.15) is 32.1 Å². The molecule has 2 N–H and O–H groups in total. The van der Waals surface area contributed by atoms with Crippen molar-refractivity contribution in [3.63, 3.8) is 0 Å². The Kier molecular flexibility index (Phi) is 4.61. The van der Waals surface area contributed by atoms with Crippen molar-refractivity contribution in [3.8, 4) is 0 Å². The average molecular weight is 312 g/mol. The molecule has 2 atom stereocenters. The highest BCUT2D eigenvalue weighted by molar-refractivity contribution is 7.99. The first-order chi connectivity index (χ1) is 9.69. The Balaban J connectivity index is 1.54. The van der Waals surface area contributed by atoms with E-state index in [4.69, 9.17) is 22.1 Å². The van der Waals surface area contributed by atoms with Gasteiger partial charge in [0.25, 0.3) is 0 Å². The number of rotatable bonds is 4. The van der Waals surface area contributed by atoms with Crippen LogP contribution in [0.15, 0.2) is 29.2 Å². The number of thioether (sulfide) groups is 1. The predicted octanol–water partition coefficient (Wildman–Crippen LogP) is 4.11. The van der Waals surface area contributed by atoms with Gasteiger partial charge in [0.15, 0.2) is 0 Å². The molecule has 1 saturated carbocycles. The second-order valence-corrected chi connectivity index (χ2v) is 7.51. The van der Waals surface area contributed by atoms with Crippen LogP contribution in [0, 0.1) is 5.92 Å². The standard InChI is InChI=1S/C16H22ClNOS/c17-13-4-1-2-5-15(13)20-11-14(18)12-6-9-19-16(10-12)7-3-8-16/h1-2,4-5,12,14H,3,6-11,18H2. The van der Waals surface area contributed by atoms with E-state index >= 15 is 0 Å². The van der Waals surface area contributed by atoms with Crippen LogP contribution in [-0.4, -0.2) is 24.0 Å². The molecule has 2 fully saturated rings. The van der Waals surface area contributed by atoms with E-state index in [0.717, 1.165) is 35.1 Å². The van der Waals surface area contributed by atoms with Gasteiger partial charge in [0.2, 0.25) is 0 Å². The van der Waals surface area contributed by atoms with Crippen molar-refractivity contribution in [1.29, 1.82) is 0 Å². The van der Waals surface area contributed by atoms with Crippen molar-refractivity contribution in [2.75, 3.05) is 12.4 Å². The summed E-state index contributed by atoms with van der Waals surface area (Å²) in [5, 5.41) is 0.826. The summed E-state index contributed by atoms with van der Waals surface area (Å²) >= 11 is 7.97. The lowest BCUT2D eigenvalue weighted by Crippen LogP contribution is -2.49. The molecule has 1 saturated heterocycles. The molecular formula is C16H22ClNOS. The molecule has 0 aromatic heterocycles. The number of benzene rings is 1. The van der Waals surface area contributed by atoms with Crippen LogP contribution in [0.25, 0.3) is 0 Å². The highest BCUT2D eigenvalue weighted by Crippen LogP contribution is 2.45. The predicted molar refractivity (Wildman–Crippen MR) is 85.4 cm³/mol. The minimum absolute atomic E-state index is 0.190. The van der Waals surface area contributed by atoms with Gasteiger partial charge >= 0.3 is 0 Å². The van der Waals surface area contributed by atoms with E-state index in [0.29, 0.717) is 5.92 Å². The highest BCUT2D eigenvalue weighted by Gasteiger charge is 2.43. The lowest BCUT2D eigenvalue weighted by molar-refractivity contribution is -0.145. The number of hydrogen-bond acceptors (Lipinski definition) is 3. The zero-order valence-corrected chi connectivity index (χ0v) is 13.3. The molecule has 3 rings (SSSR count). The second kappa shape index (κ2) is 6.27. The summed E-state index contributed by atoms with van der Waals surface area (Å²) in [6, 6.07) is 8.23. The SMILES string of the molecule is NC(CSc1ccccc1Cl)C1CCOC2(CCC2)C1. The van der Waals surface area contributed by atoms with E-state index in [9.17, 15) is 0 Å². The maximum atomic E-state index is 6.43. The minimum atomic E-state index is 0.190. The van der Waals surface area contributed by atoms with E-state index in [1.165, 1.54) is 19.3 Å². The number of halogens is 1. The molecule has 1 spiro atoms. The van der Waals surface area contributed by atoms with Crippen molar-refractivity contribution in [3.05, 3.63) is 29.3 Å². The molecule has 0 radical (unpaired) electrons. The number of nitrogens with two attached hydrogens (primary N) is 1. The molecule has 2 unspecified atom stereocenters. The highest BCUT2D eigenvalue weighted by atomic mass is 35.5. The molecule has 2 nitrogen and oxygen atoms in total. The van der Waals surface area contributed by atoms with Gasteiger partial charge in [-0.1, -0.05) is 23.7 Å². The Morgan fingerprint density at radius 3 is 2.90 bits per heavy atom. The van der Waals surface area contributed by atoms with Gasteiger partial charge in [0.05, 0.1) is 10.6 Å². The van der Waals surface area contributed by atoms with Gasteiger partial charge in [-0.2, -0.15) is 0 Å². The van der Waals surface area contributed by atoms with Crippen LogP contribution in [-0.2, 0) is 4.74 Å². The Bertz CT molecular complexity index is 464. The molecule has 20 heavy (non-hydrogen) atoms. The summed E-state index contributed by atoms with van der Waals surface area (Å²) in [4.78, 5) is 1.13. The molecule has 1 aliphatic heterocycles. The Morgan fingerprint density at radius 1 is 1.40 bits per heavy atom. The van der Waals surface area contributed by atoms with Crippen LogP contribution in [0.2, 0.25) is 5.02 Å². The third-order valence-electron chi connectivity index (χ3n) is 4.67. The molecule has 1 aromatic rings. The van der Waals surface area contributed by atoms with Crippen LogP contribution in [0.4, 0.5) is 0 Å². The first-order valence-corrected chi connectivity index (χ1v) is 8.82. The average Bonchev–Trinajstić information content (AvgIpc) is 2.44. The first-order valence-electron chi connectivity index (χ1n) is 7.45. The monoisotopic (exact) mass is 311 g/mol. The third kappa shape index (κ3) is 3.16. The van der Waals surface area contributed by atoms with Crippen molar-refractivity contribution < 1.29 is 4.74 Å². The number of hydrogen-bond donors (Lipinski definition) is 1. The summed E-state index contributed by atoms with van der Waals surface area (Å²) in [7, 11) is 0. The lowest BCUT2D eigenvalue weighted by Gasteiger charge is -2.48. The second-order valence-electron chi connectivity index (χ2n) is 6.04. The Hall–Kier alpha value is -0.220. The van der Waals surface area contributed by atoms with E-state index in [-0.39, 0.29) is 11.6 Å². The van der Waals surface area contributed by atoms with E-state index in [1.54, 1.807) is 11.8 Å². The molecule has 2 aliphatic rings. The molecule has 0 bridgehead atoms. The summed E-state index contributed by atoms with van der Waals surface area (Å²) in [5.41, 5.74) is 6.62. The van der Waals surface area contributed by atoms with Gasteiger partial charge in [-0.05, 0) is 50.2 Å². The van der Waals surface area contributed by atoms with Gasteiger partial charge in [0, 0.05) is 23.3 Å². The zero-order valence-electron chi connectivity index (χ0n) is 11.7. The molecule has 1 aromatic carbocycles. The van der Waals surface area contributed by atoms with Crippen LogP contribution >= 0.6 is 23.4 Å². The van der Waals surface area contributed by atoms with Gasteiger partial charge in [0.1, 0.15) is 0 Å². The van der Waals surface area contributed by atoms with Crippen LogP contribution in [0.5, 0.6) is 0 Å². The third-order valence-corrected chi connectivity index (χ3v) is 6.33. The largest absolute Gasteiger partial charge is 0.375 e. The molecular weight excluding hydrogens is 290 g/mol. The quantitative estimate of drug-likeness (QED) is 0.850. The first kappa shape index (κ1) is 14.7. The Morgan fingerprint density at radius 2 is 2.20 bits per heavy atom. The van der Waals surface area contributed by atoms with Crippen molar-refractivity contribution in [1.82, 2.24) is 0 Å². The minimum Gasteiger partial charge on any atom is -0.375 e. The lowest BCUT2D eigenvalue weighted by atomic mass is 9.71. The maximum absolute atomic E-state index is 6.43. The van der Waals surface area contributed by atoms with Gasteiger partial charge in [-0.15, -0.1) is 11.8 Å². The summed E-state index contributed by atoms with van der Waals surface area (Å²) in [6.07, 6.45) is 6.03. The van der Waals surface area contributed by atoms with Gasteiger partial charge < -0.3 is 10.5 Å². The van der Waals surface area contributed by atoms with Crippen molar-refractivity contribution in [2.45, 2.75) is 48.6 Å². The fraction of sp³-hybridized carbons (Fsp3) is 0.625.